The monoisotopic (exact) mass is 335 g/mol. The van der Waals surface area contributed by atoms with Gasteiger partial charge in [-0.2, -0.15) is 0 Å². The number of nitrogens with one attached hydrogen (secondary N) is 1. The second kappa shape index (κ2) is 6.30. The second-order valence-electron chi connectivity index (χ2n) is 6.12. The zero-order valence-corrected chi connectivity index (χ0v) is 13.4. The summed E-state index contributed by atoms with van der Waals surface area (Å²) in [6.07, 6.45) is 9.41. The van der Waals surface area contributed by atoms with Crippen LogP contribution in [0, 0.1) is 5.92 Å². The van der Waals surface area contributed by atoms with Gasteiger partial charge < -0.3 is 5.32 Å². The van der Waals surface area contributed by atoms with Gasteiger partial charge in [-0.05, 0) is 48.8 Å². The zero-order valence-electron chi connectivity index (χ0n) is 11.8. The van der Waals surface area contributed by atoms with E-state index >= 15 is 0 Å². The molecule has 0 aromatic heterocycles. The fraction of sp³-hybridized carbons (Fsp3) is 0.588. The minimum absolute atomic E-state index is 0.152. The van der Waals surface area contributed by atoms with Gasteiger partial charge in [0, 0.05) is 16.9 Å². The smallest absolute Gasteiger partial charge is 0.224 e. The van der Waals surface area contributed by atoms with Crippen LogP contribution in [0.5, 0.6) is 0 Å². The summed E-state index contributed by atoms with van der Waals surface area (Å²) in [5.74, 6) is 0.918. The van der Waals surface area contributed by atoms with Crippen molar-refractivity contribution < 1.29 is 4.79 Å². The molecule has 1 aliphatic heterocycles. The second-order valence-corrected chi connectivity index (χ2v) is 7.10. The summed E-state index contributed by atoms with van der Waals surface area (Å²) >= 11 is 3.92. The molecule has 2 aliphatic rings. The molecule has 1 heterocycles. The summed E-state index contributed by atoms with van der Waals surface area (Å²) in [7, 11) is 0. The summed E-state index contributed by atoms with van der Waals surface area (Å²) in [5.41, 5.74) is 3.69. The number of fused-ring (bicyclic) bond motifs is 1. The molecule has 1 fully saturated rings. The van der Waals surface area contributed by atoms with Gasteiger partial charge in [0.2, 0.25) is 5.91 Å². The Bertz CT molecular complexity index is 494. The number of aryl methyl sites for hydroxylation is 1. The highest BCUT2D eigenvalue weighted by molar-refractivity contribution is 9.09. The molecular formula is C17H22BrNO. The third-order valence-electron chi connectivity index (χ3n) is 4.64. The van der Waals surface area contributed by atoms with Crippen molar-refractivity contribution in [2.24, 2.45) is 5.92 Å². The molecule has 3 rings (SSSR count). The first-order chi connectivity index (χ1) is 9.74. The molecule has 1 N–H and O–H groups in total. The van der Waals surface area contributed by atoms with Crippen molar-refractivity contribution in [1.29, 1.82) is 0 Å². The number of carbonyl (C=O) groups is 1. The highest BCUT2D eigenvalue weighted by Crippen LogP contribution is 2.41. The molecule has 1 aliphatic carbocycles. The number of benzene rings is 1. The van der Waals surface area contributed by atoms with Gasteiger partial charge in [0.1, 0.15) is 0 Å². The Morgan fingerprint density at radius 1 is 1.10 bits per heavy atom. The van der Waals surface area contributed by atoms with Crippen molar-refractivity contribution in [3.8, 4) is 0 Å². The molecule has 0 radical (unpaired) electrons. The molecule has 0 spiro atoms. The lowest BCUT2D eigenvalue weighted by Gasteiger charge is -2.27. The molecule has 1 aromatic rings. The van der Waals surface area contributed by atoms with E-state index < -0.39 is 0 Å². The standard InChI is InChI=1S/C17H22BrNO/c18-17(12-5-2-1-3-6-12)14-9-10-15-13(11-14)7-4-8-16(20)19-15/h9-12,17H,1-8H2,(H,19,20). The average molecular weight is 336 g/mol. The van der Waals surface area contributed by atoms with Gasteiger partial charge in [-0.15, -0.1) is 0 Å². The van der Waals surface area contributed by atoms with Crippen molar-refractivity contribution in [2.45, 2.75) is 56.2 Å². The van der Waals surface area contributed by atoms with Crippen LogP contribution in [0.1, 0.15) is 60.9 Å². The summed E-state index contributed by atoms with van der Waals surface area (Å²) in [5, 5.41) is 3.01. The van der Waals surface area contributed by atoms with Gasteiger partial charge in [-0.1, -0.05) is 47.3 Å². The van der Waals surface area contributed by atoms with Crippen LogP contribution in [0.15, 0.2) is 18.2 Å². The Morgan fingerprint density at radius 2 is 1.90 bits per heavy atom. The average Bonchev–Trinajstić information content (AvgIpc) is 2.67. The maximum Gasteiger partial charge on any atom is 0.224 e. The molecule has 20 heavy (non-hydrogen) atoms. The van der Waals surface area contributed by atoms with Crippen LogP contribution in [0.2, 0.25) is 0 Å². The van der Waals surface area contributed by atoms with Crippen LogP contribution in [0.3, 0.4) is 0 Å². The molecule has 1 amide bonds. The van der Waals surface area contributed by atoms with Gasteiger partial charge in [-0.25, -0.2) is 0 Å². The van der Waals surface area contributed by atoms with Crippen LogP contribution >= 0.6 is 15.9 Å². The van der Waals surface area contributed by atoms with Crippen LogP contribution < -0.4 is 5.32 Å². The molecular weight excluding hydrogens is 314 g/mol. The predicted octanol–water partition coefficient (Wildman–Crippen LogP) is 4.98. The normalized spacial score (nSPS) is 21.8. The van der Waals surface area contributed by atoms with Crippen molar-refractivity contribution in [3.05, 3.63) is 29.3 Å². The molecule has 1 saturated carbocycles. The van der Waals surface area contributed by atoms with Crippen LogP contribution in [-0.4, -0.2) is 5.91 Å². The lowest BCUT2D eigenvalue weighted by Crippen LogP contribution is -2.12. The lowest BCUT2D eigenvalue weighted by molar-refractivity contribution is -0.116. The molecule has 2 nitrogen and oxygen atoms in total. The molecule has 108 valence electrons. The molecule has 0 bridgehead atoms. The van der Waals surface area contributed by atoms with Gasteiger partial charge in [0.25, 0.3) is 0 Å². The Morgan fingerprint density at radius 3 is 2.70 bits per heavy atom. The summed E-state index contributed by atoms with van der Waals surface area (Å²) in [6, 6.07) is 6.57. The molecule has 1 aromatic carbocycles. The highest BCUT2D eigenvalue weighted by Gasteiger charge is 2.23. The minimum Gasteiger partial charge on any atom is -0.326 e. The van der Waals surface area contributed by atoms with E-state index in [2.05, 4.69) is 39.4 Å². The van der Waals surface area contributed by atoms with E-state index in [1.165, 1.54) is 43.2 Å². The van der Waals surface area contributed by atoms with E-state index in [9.17, 15) is 4.79 Å². The van der Waals surface area contributed by atoms with Crippen LogP contribution in [-0.2, 0) is 11.2 Å². The minimum atomic E-state index is 0.152. The van der Waals surface area contributed by atoms with E-state index in [1.54, 1.807) is 0 Å². The Labute approximate surface area is 129 Å². The third-order valence-corrected chi connectivity index (χ3v) is 5.91. The first kappa shape index (κ1) is 14.1. The predicted molar refractivity (Wildman–Crippen MR) is 86.3 cm³/mol. The van der Waals surface area contributed by atoms with Crippen LogP contribution in [0.25, 0.3) is 0 Å². The largest absolute Gasteiger partial charge is 0.326 e. The first-order valence-electron chi connectivity index (χ1n) is 7.81. The number of halogens is 1. The molecule has 1 unspecified atom stereocenters. The molecule has 0 saturated heterocycles. The number of hydrogen-bond acceptors (Lipinski definition) is 1. The van der Waals surface area contributed by atoms with Crippen molar-refractivity contribution in [1.82, 2.24) is 0 Å². The maximum atomic E-state index is 11.6. The molecule has 3 heteroatoms. The topological polar surface area (TPSA) is 29.1 Å². The van der Waals surface area contributed by atoms with Crippen molar-refractivity contribution >= 4 is 27.5 Å². The van der Waals surface area contributed by atoms with E-state index in [0.717, 1.165) is 24.4 Å². The van der Waals surface area contributed by atoms with E-state index in [4.69, 9.17) is 0 Å². The highest BCUT2D eigenvalue weighted by atomic mass is 79.9. The number of alkyl halides is 1. The zero-order chi connectivity index (χ0) is 13.9. The quantitative estimate of drug-likeness (QED) is 0.759. The number of hydrogen-bond donors (Lipinski definition) is 1. The van der Waals surface area contributed by atoms with E-state index in [1.807, 2.05) is 0 Å². The van der Waals surface area contributed by atoms with Gasteiger partial charge in [-0.3, -0.25) is 4.79 Å². The Kier molecular flexibility index (Phi) is 4.45. The third kappa shape index (κ3) is 3.08. The van der Waals surface area contributed by atoms with E-state index in [-0.39, 0.29) is 5.91 Å². The van der Waals surface area contributed by atoms with Crippen molar-refractivity contribution in [2.75, 3.05) is 5.32 Å². The number of rotatable bonds is 2. The fourth-order valence-electron chi connectivity index (χ4n) is 3.47. The van der Waals surface area contributed by atoms with E-state index in [0.29, 0.717) is 11.2 Å². The summed E-state index contributed by atoms with van der Waals surface area (Å²) in [6.45, 7) is 0. The fourth-order valence-corrected chi connectivity index (χ4v) is 4.28. The van der Waals surface area contributed by atoms with Crippen molar-refractivity contribution in [3.63, 3.8) is 0 Å². The molecule has 1 atom stereocenters. The SMILES string of the molecule is O=C1CCCc2cc(C(Br)C3CCCCC3)ccc2N1. The summed E-state index contributed by atoms with van der Waals surface area (Å²) in [4.78, 5) is 12.1. The Balaban J connectivity index is 1.80. The van der Waals surface area contributed by atoms with Gasteiger partial charge >= 0.3 is 0 Å². The summed E-state index contributed by atoms with van der Waals surface area (Å²) < 4.78 is 0. The van der Waals surface area contributed by atoms with Gasteiger partial charge in [0.05, 0.1) is 0 Å². The number of anilines is 1. The van der Waals surface area contributed by atoms with Crippen LogP contribution in [0.4, 0.5) is 5.69 Å². The Hall–Kier alpha value is -0.830. The maximum absolute atomic E-state index is 11.6. The van der Waals surface area contributed by atoms with Gasteiger partial charge in [0.15, 0.2) is 0 Å². The number of amides is 1. The first-order valence-corrected chi connectivity index (χ1v) is 8.72. The number of carbonyl (C=O) groups excluding carboxylic acids is 1. The lowest BCUT2D eigenvalue weighted by atomic mass is 9.84.